The second kappa shape index (κ2) is 3.36. The molecule has 3 rings (SSSR count). The van der Waals surface area contributed by atoms with Gasteiger partial charge in [-0.3, -0.25) is 4.79 Å². The van der Waals surface area contributed by atoms with E-state index in [2.05, 4.69) is 4.57 Å². The van der Waals surface area contributed by atoms with Crippen molar-refractivity contribution in [2.45, 2.75) is 18.8 Å². The van der Waals surface area contributed by atoms with Crippen LogP contribution in [0, 0.1) is 0 Å². The Morgan fingerprint density at radius 2 is 2.19 bits per heavy atom. The van der Waals surface area contributed by atoms with Gasteiger partial charge in [0.15, 0.2) is 6.29 Å². The fourth-order valence-electron chi connectivity index (χ4n) is 2.39. The third-order valence-corrected chi connectivity index (χ3v) is 3.72. The Hall–Kier alpha value is -1.28. The maximum absolute atomic E-state index is 11.0. The SMILES string of the molecule is Cn1c(C2CC2)c(Cl)c2c(C=O)cccc21. The highest BCUT2D eigenvalue weighted by molar-refractivity contribution is 6.37. The van der Waals surface area contributed by atoms with E-state index in [-0.39, 0.29) is 0 Å². The first-order chi connectivity index (χ1) is 7.74. The summed E-state index contributed by atoms with van der Waals surface area (Å²) in [7, 11) is 2.02. The Morgan fingerprint density at radius 3 is 2.81 bits per heavy atom. The van der Waals surface area contributed by atoms with E-state index in [0.29, 0.717) is 11.5 Å². The monoisotopic (exact) mass is 233 g/mol. The highest BCUT2D eigenvalue weighted by atomic mass is 35.5. The van der Waals surface area contributed by atoms with Crippen LogP contribution in [0.1, 0.15) is 34.8 Å². The minimum absolute atomic E-state index is 0.587. The van der Waals surface area contributed by atoms with Gasteiger partial charge in [0.1, 0.15) is 0 Å². The summed E-state index contributed by atoms with van der Waals surface area (Å²) in [5.74, 6) is 0.587. The van der Waals surface area contributed by atoms with Crippen LogP contribution in [0.3, 0.4) is 0 Å². The molecule has 0 saturated heterocycles. The number of nitrogens with zero attached hydrogens (tertiary/aromatic N) is 1. The van der Waals surface area contributed by atoms with Crippen molar-refractivity contribution in [2.24, 2.45) is 7.05 Å². The zero-order valence-electron chi connectivity index (χ0n) is 9.03. The lowest BCUT2D eigenvalue weighted by atomic mass is 10.1. The zero-order valence-corrected chi connectivity index (χ0v) is 9.79. The number of hydrogen-bond donors (Lipinski definition) is 0. The van der Waals surface area contributed by atoms with Gasteiger partial charge in [-0.05, 0) is 18.9 Å². The molecule has 0 amide bonds. The van der Waals surface area contributed by atoms with E-state index < -0.39 is 0 Å². The zero-order chi connectivity index (χ0) is 11.3. The third-order valence-electron chi connectivity index (χ3n) is 3.33. The van der Waals surface area contributed by atoms with E-state index in [0.717, 1.165) is 22.2 Å². The molecule has 0 spiro atoms. The minimum atomic E-state index is 0.587. The van der Waals surface area contributed by atoms with Crippen molar-refractivity contribution >= 4 is 28.8 Å². The number of rotatable bonds is 2. The van der Waals surface area contributed by atoms with Crippen molar-refractivity contribution < 1.29 is 4.79 Å². The maximum atomic E-state index is 11.0. The van der Waals surface area contributed by atoms with E-state index in [1.54, 1.807) is 0 Å². The van der Waals surface area contributed by atoms with Gasteiger partial charge >= 0.3 is 0 Å². The van der Waals surface area contributed by atoms with E-state index in [1.807, 2.05) is 25.2 Å². The first kappa shape index (κ1) is 9.91. The van der Waals surface area contributed by atoms with Crippen LogP contribution in [0.4, 0.5) is 0 Å². The van der Waals surface area contributed by atoms with Crippen LogP contribution < -0.4 is 0 Å². The average molecular weight is 234 g/mol. The molecule has 1 heterocycles. The van der Waals surface area contributed by atoms with Gasteiger partial charge in [0.2, 0.25) is 0 Å². The molecule has 16 heavy (non-hydrogen) atoms. The molecule has 1 fully saturated rings. The lowest BCUT2D eigenvalue weighted by Gasteiger charge is -2.01. The first-order valence-electron chi connectivity index (χ1n) is 5.46. The molecule has 1 aromatic heterocycles. The van der Waals surface area contributed by atoms with Gasteiger partial charge in [0.25, 0.3) is 0 Å². The van der Waals surface area contributed by atoms with Gasteiger partial charge in [-0.25, -0.2) is 0 Å². The van der Waals surface area contributed by atoms with Gasteiger partial charge in [0, 0.05) is 29.6 Å². The maximum Gasteiger partial charge on any atom is 0.150 e. The molecular formula is C13H12ClNO. The van der Waals surface area contributed by atoms with E-state index in [1.165, 1.54) is 18.5 Å². The molecule has 1 aliphatic carbocycles. The Morgan fingerprint density at radius 1 is 1.44 bits per heavy atom. The molecule has 0 bridgehead atoms. The average Bonchev–Trinajstić information content (AvgIpc) is 3.08. The number of aryl methyl sites for hydroxylation is 1. The van der Waals surface area contributed by atoms with Crippen molar-refractivity contribution in [3.8, 4) is 0 Å². The third kappa shape index (κ3) is 1.23. The highest BCUT2D eigenvalue weighted by Crippen LogP contribution is 2.46. The van der Waals surface area contributed by atoms with Crippen molar-refractivity contribution in [2.75, 3.05) is 0 Å². The van der Waals surface area contributed by atoms with Crippen LogP contribution >= 0.6 is 11.6 Å². The second-order valence-corrected chi connectivity index (χ2v) is 4.77. The molecular weight excluding hydrogens is 222 g/mol. The number of carbonyl (C=O) groups is 1. The molecule has 1 aliphatic rings. The van der Waals surface area contributed by atoms with Crippen LogP contribution in [0.2, 0.25) is 5.02 Å². The van der Waals surface area contributed by atoms with E-state index >= 15 is 0 Å². The van der Waals surface area contributed by atoms with E-state index in [4.69, 9.17) is 11.6 Å². The number of halogens is 1. The number of hydrogen-bond acceptors (Lipinski definition) is 1. The molecule has 0 atom stereocenters. The van der Waals surface area contributed by atoms with Gasteiger partial charge in [0.05, 0.1) is 10.5 Å². The molecule has 0 radical (unpaired) electrons. The Balaban J connectivity index is 2.42. The first-order valence-corrected chi connectivity index (χ1v) is 5.83. The summed E-state index contributed by atoms with van der Waals surface area (Å²) >= 11 is 6.40. The second-order valence-electron chi connectivity index (χ2n) is 4.39. The molecule has 1 saturated carbocycles. The van der Waals surface area contributed by atoms with Crippen molar-refractivity contribution in [1.82, 2.24) is 4.57 Å². The summed E-state index contributed by atoms with van der Waals surface area (Å²) in [5, 5.41) is 1.67. The molecule has 3 heteroatoms. The van der Waals surface area contributed by atoms with Crippen LogP contribution in [0.25, 0.3) is 10.9 Å². The van der Waals surface area contributed by atoms with Crippen LogP contribution in [-0.2, 0) is 7.05 Å². The number of fused-ring (bicyclic) bond motifs is 1. The molecule has 0 N–H and O–H groups in total. The van der Waals surface area contributed by atoms with Gasteiger partial charge in [-0.1, -0.05) is 23.7 Å². The number of benzene rings is 1. The Kier molecular flexibility index (Phi) is 2.08. The smallest absolute Gasteiger partial charge is 0.150 e. The minimum Gasteiger partial charge on any atom is -0.346 e. The summed E-state index contributed by atoms with van der Waals surface area (Å²) in [6, 6.07) is 5.73. The Labute approximate surface area is 98.8 Å². The molecule has 82 valence electrons. The Bertz CT molecular complexity index is 581. The van der Waals surface area contributed by atoms with Gasteiger partial charge in [-0.2, -0.15) is 0 Å². The molecule has 0 aliphatic heterocycles. The van der Waals surface area contributed by atoms with Crippen LogP contribution in [0.15, 0.2) is 18.2 Å². The fraction of sp³-hybridized carbons (Fsp3) is 0.308. The van der Waals surface area contributed by atoms with E-state index in [9.17, 15) is 4.79 Å². The molecule has 2 aromatic rings. The summed E-state index contributed by atoms with van der Waals surface area (Å²) in [6.45, 7) is 0. The number of aldehydes is 1. The summed E-state index contributed by atoms with van der Waals surface area (Å²) in [6.07, 6.45) is 3.30. The summed E-state index contributed by atoms with van der Waals surface area (Å²) in [4.78, 5) is 11.0. The molecule has 1 aromatic carbocycles. The predicted molar refractivity (Wildman–Crippen MR) is 65.3 cm³/mol. The van der Waals surface area contributed by atoms with Crippen LogP contribution in [-0.4, -0.2) is 10.9 Å². The lowest BCUT2D eigenvalue weighted by molar-refractivity contribution is 0.112. The normalized spacial score (nSPS) is 15.6. The highest BCUT2D eigenvalue weighted by Gasteiger charge is 2.30. The standard InChI is InChI=1S/C13H12ClNO/c1-15-10-4-2-3-9(7-16)11(10)12(14)13(15)8-5-6-8/h2-4,7-8H,5-6H2,1H3. The summed E-state index contributed by atoms with van der Waals surface area (Å²) in [5.41, 5.74) is 2.92. The quantitative estimate of drug-likeness (QED) is 0.728. The van der Waals surface area contributed by atoms with Crippen LogP contribution in [0.5, 0.6) is 0 Å². The van der Waals surface area contributed by atoms with Crippen molar-refractivity contribution in [3.63, 3.8) is 0 Å². The largest absolute Gasteiger partial charge is 0.346 e. The fourth-order valence-corrected chi connectivity index (χ4v) is 2.88. The van der Waals surface area contributed by atoms with Gasteiger partial charge < -0.3 is 4.57 Å². The number of carbonyl (C=O) groups excluding carboxylic acids is 1. The topological polar surface area (TPSA) is 22.0 Å². The van der Waals surface area contributed by atoms with Gasteiger partial charge in [-0.15, -0.1) is 0 Å². The summed E-state index contributed by atoms with van der Waals surface area (Å²) < 4.78 is 2.13. The lowest BCUT2D eigenvalue weighted by Crippen LogP contribution is -1.93. The van der Waals surface area contributed by atoms with Crippen molar-refractivity contribution in [3.05, 3.63) is 34.5 Å². The molecule has 0 unspecified atom stereocenters. The number of aromatic nitrogens is 1. The predicted octanol–water partition coefficient (Wildman–Crippen LogP) is 3.52. The molecule has 2 nitrogen and oxygen atoms in total. The van der Waals surface area contributed by atoms with Crippen molar-refractivity contribution in [1.29, 1.82) is 0 Å².